The minimum atomic E-state index is -0.173. The molecule has 0 saturated heterocycles. The van der Waals surface area contributed by atoms with E-state index in [0.29, 0.717) is 6.54 Å². The van der Waals surface area contributed by atoms with Crippen LogP contribution in [-0.2, 0) is 0 Å². The molecule has 0 bridgehead atoms. The number of nitrogens with one attached hydrogen (secondary N) is 2. The summed E-state index contributed by atoms with van der Waals surface area (Å²) in [5.74, 6) is 0.817. The third-order valence-corrected chi connectivity index (χ3v) is 2.42. The zero-order chi connectivity index (χ0) is 13.2. The average Bonchev–Trinajstić information content (AvgIpc) is 2.40. The predicted octanol–water partition coefficient (Wildman–Crippen LogP) is 2.77. The first kappa shape index (κ1) is 14.1. The number of hydrogen-bond acceptors (Lipinski definition) is 2. The lowest BCUT2D eigenvalue weighted by atomic mass is 10.2. The highest BCUT2D eigenvalue weighted by Crippen LogP contribution is 2.11. The van der Waals surface area contributed by atoms with Gasteiger partial charge in [0, 0.05) is 12.7 Å². The van der Waals surface area contributed by atoms with Crippen molar-refractivity contribution >= 4 is 12.1 Å². The number of benzene rings is 1. The van der Waals surface area contributed by atoms with E-state index in [1.165, 1.54) is 0 Å². The zero-order valence-corrected chi connectivity index (χ0v) is 10.9. The molecule has 0 atom stereocenters. The molecule has 1 aromatic carbocycles. The molecular weight excluding hydrogens is 228 g/mol. The van der Waals surface area contributed by atoms with Gasteiger partial charge in [0.25, 0.3) is 0 Å². The summed E-state index contributed by atoms with van der Waals surface area (Å²) in [4.78, 5) is 11.3. The second-order valence-electron chi connectivity index (χ2n) is 3.86. The molecule has 0 heterocycles. The Kier molecular flexibility index (Phi) is 6.40. The van der Waals surface area contributed by atoms with Crippen LogP contribution in [0.5, 0.6) is 5.75 Å². The van der Waals surface area contributed by atoms with E-state index in [1.807, 2.05) is 30.3 Å². The second-order valence-corrected chi connectivity index (χ2v) is 3.86. The summed E-state index contributed by atoms with van der Waals surface area (Å²) >= 11 is 0. The van der Waals surface area contributed by atoms with E-state index in [-0.39, 0.29) is 6.03 Å². The van der Waals surface area contributed by atoms with Gasteiger partial charge in [-0.05, 0) is 30.2 Å². The Bertz CT molecular complexity index is 385. The van der Waals surface area contributed by atoms with E-state index in [0.717, 1.165) is 24.2 Å². The molecule has 0 aliphatic carbocycles. The molecule has 4 heteroatoms. The number of urea groups is 1. The quantitative estimate of drug-likeness (QED) is 0.760. The van der Waals surface area contributed by atoms with E-state index < -0.39 is 0 Å². The van der Waals surface area contributed by atoms with Crippen LogP contribution in [0.4, 0.5) is 4.79 Å². The minimum absolute atomic E-state index is 0.173. The van der Waals surface area contributed by atoms with E-state index >= 15 is 0 Å². The molecule has 0 aliphatic heterocycles. The molecule has 0 aromatic heterocycles. The standard InChI is InChI=1S/C14H20N2O2/c1-3-4-10-15-14(17)16-11-9-12-5-7-13(18-2)8-6-12/h5-9,11H,3-4,10H2,1-2H3,(H2,15,16,17)/b11-9+. The summed E-state index contributed by atoms with van der Waals surface area (Å²) in [6, 6.07) is 7.42. The lowest BCUT2D eigenvalue weighted by Gasteiger charge is -2.03. The summed E-state index contributed by atoms with van der Waals surface area (Å²) in [5, 5.41) is 5.42. The Balaban J connectivity index is 2.32. The number of unbranched alkanes of at least 4 members (excludes halogenated alkanes) is 1. The first-order chi connectivity index (χ1) is 8.76. The van der Waals surface area contributed by atoms with Gasteiger partial charge >= 0.3 is 6.03 Å². The van der Waals surface area contributed by atoms with Gasteiger partial charge in [-0.2, -0.15) is 0 Å². The van der Waals surface area contributed by atoms with E-state index in [9.17, 15) is 4.79 Å². The van der Waals surface area contributed by atoms with Crippen molar-refractivity contribution in [2.45, 2.75) is 19.8 Å². The monoisotopic (exact) mass is 248 g/mol. The lowest BCUT2D eigenvalue weighted by molar-refractivity contribution is 0.244. The first-order valence-electron chi connectivity index (χ1n) is 6.11. The fraction of sp³-hybridized carbons (Fsp3) is 0.357. The maximum Gasteiger partial charge on any atom is 0.318 e. The number of ether oxygens (including phenoxy) is 1. The third-order valence-electron chi connectivity index (χ3n) is 2.42. The molecule has 2 amide bonds. The number of methoxy groups -OCH3 is 1. The molecule has 98 valence electrons. The van der Waals surface area contributed by atoms with Gasteiger partial charge in [-0.1, -0.05) is 25.5 Å². The van der Waals surface area contributed by atoms with Crippen molar-refractivity contribution in [1.82, 2.24) is 10.6 Å². The largest absolute Gasteiger partial charge is 0.497 e. The Morgan fingerprint density at radius 3 is 2.67 bits per heavy atom. The summed E-state index contributed by atoms with van der Waals surface area (Å²) in [6.07, 6.45) is 5.53. The van der Waals surface area contributed by atoms with Crippen molar-refractivity contribution in [3.63, 3.8) is 0 Å². The van der Waals surface area contributed by atoms with Gasteiger partial charge in [-0.15, -0.1) is 0 Å². The van der Waals surface area contributed by atoms with Crippen LogP contribution in [0, 0.1) is 0 Å². The minimum Gasteiger partial charge on any atom is -0.497 e. The Labute approximate surface area is 108 Å². The van der Waals surface area contributed by atoms with Crippen molar-refractivity contribution in [3.8, 4) is 5.75 Å². The van der Waals surface area contributed by atoms with Crippen LogP contribution in [0.1, 0.15) is 25.3 Å². The highest BCUT2D eigenvalue weighted by atomic mass is 16.5. The van der Waals surface area contributed by atoms with Gasteiger partial charge in [-0.3, -0.25) is 0 Å². The van der Waals surface area contributed by atoms with Crippen LogP contribution in [-0.4, -0.2) is 19.7 Å². The molecule has 18 heavy (non-hydrogen) atoms. The topological polar surface area (TPSA) is 50.4 Å². The van der Waals surface area contributed by atoms with E-state index in [4.69, 9.17) is 4.74 Å². The number of carbonyl (C=O) groups excluding carboxylic acids is 1. The van der Waals surface area contributed by atoms with Gasteiger partial charge in [0.15, 0.2) is 0 Å². The fourth-order valence-corrected chi connectivity index (χ4v) is 1.36. The molecule has 2 N–H and O–H groups in total. The second kappa shape index (κ2) is 8.17. The van der Waals surface area contributed by atoms with E-state index in [1.54, 1.807) is 13.3 Å². The maximum absolute atomic E-state index is 11.3. The molecule has 0 spiro atoms. The zero-order valence-electron chi connectivity index (χ0n) is 10.9. The maximum atomic E-state index is 11.3. The normalized spacial score (nSPS) is 10.3. The fourth-order valence-electron chi connectivity index (χ4n) is 1.36. The van der Waals surface area contributed by atoms with Gasteiger partial charge in [-0.25, -0.2) is 4.79 Å². The smallest absolute Gasteiger partial charge is 0.318 e. The molecule has 4 nitrogen and oxygen atoms in total. The third kappa shape index (κ3) is 5.39. The van der Waals surface area contributed by atoms with Crippen molar-refractivity contribution in [2.24, 2.45) is 0 Å². The van der Waals surface area contributed by atoms with Gasteiger partial charge < -0.3 is 15.4 Å². The number of hydrogen-bond donors (Lipinski definition) is 2. The molecule has 1 rings (SSSR count). The first-order valence-corrected chi connectivity index (χ1v) is 6.11. The van der Waals surface area contributed by atoms with Crippen LogP contribution in [0.2, 0.25) is 0 Å². The summed E-state index contributed by atoms with van der Waals surface area (Å²) in [5.41, 5.74) is 1.00. The van der Waals surface area contributed by atoms with Gasteiger partial charge in [0.05, 0.1) is 7.11 Å². The van der Waals surface area contributed by atoms with Crippen molar-refractivity contribution < 1.29 is 9.53 Å². The molecule has 0 saturated carbocycles. The van der Waals surface area contributed by atoms with Crippen LogP contribution in [0.25, 0.3) is 6.08 Å². The number of amides is 2. The highest BCUT2D eigenvalue weighted by Gasteiger charge is 1.94. The number of rotatable bonds is 6. The van der Waals surface area contributed by atoms with Crippen LogP contribution in [0.3, 0.4) is 0 Å². The Morgan fingerprint density at radius 1 is 1.33 bits per heavy atom. The van der Waals surface area contributed by atoms with E-state index in [2.05, 4.69) is 17.6 Å². The summed E-state index contributed by atoms with van der Waals surface area (Å²) in [7, 11) is 1.63. The predicted molar refractivity (Wildman–Crippen MR) is 73.5 cm³/mol. The van der Waals surface area contributed by atoms with Crippen LogP contribution >= 0.6 is 0 Å². The highest BCUT2D eigenvalue weighted by molar-refractivity contribution is 5.75. The number of carbonyl (C=O) groups is 1. The Morgan fingerprint density at radius 2 is 2.06 bits per heavy atom. The van der Waals surface area contributed by atoms with Crippen LogP contribution < -0.4 is 15.4 Å². The SMILES string of the molecule is CCCCNC(=O)N/C=C/c1ccc(OC)cc1. The van der Waals surface area contributed by atoms with Crippen molar-refractivity contribution in [3.05, 3.63) is 36.0 Å². The Hall–Kier alpha value is -1.97. The van der Waals surface area contributed by atoms with Crippen LogP contribution in [0.15, 0.2) is 30.5 Å². The molecular formula is C14H20N2O2. The summed E-state index contributed by atoms with van der Waals surface area (Å²) < 4.78 is 5.06. The van der Waals surface area contributed by atoms with Gasteiger partial charge in [0.2, 0.25) is 0 Å². The summed E-state index contributed by atoms with van der Waals surface area (Å²) in [6.45, 7) is 2.79. The molecule has 0 unspecified atom stereocenters. The van der Waals surface area contributed by atoms with Gasteiger partial charge in [0.1, 0.15) is 5.75 Å². The molecule has 0 aliphatic rings. The molecule has 0 fully saturated rings. The molecule has 0 radical (unpaired) electrons. The average molecular weight is 248 g/mol. The lowest BCUT2D eigenvalue weighted by Crippen LogP contribution is -2.32. The molecule has 1 aromatic rings. The van der Waals surface area contributed by atoms with Crippen molar-refractivity contribution in [1.29, 1.82) is 0 Å². The van der Waals surface area contributed by atoms with Crippen molar-refractivity contribution in [2.75, 3.05) is 13.7 Å².